The molecular formula is C8H16N2O2. The largest absolute Gasteiger partial charge is 0.435 e. The van der Waals surface area contributed by atoms with Gasteiger partial charge in [0.1, 0.15) is 0 Å². The van der Waals surface area contributed by atoms with Crippen molar-refractivity contribution in [2.75, 3.05) is 20.1 Å². The Bertz CT molecular complexity index is 135. The van der Waals surface area contributed by atoms with Gasteiger partial charge in [-0.15, -0.1) is 0 Å². The molecule has 0 aromatic heterocycles. The first-order valence-electron chi connectivity index (χ1n) is 4.39. The van der Waals surface area contributed by atoms with Gasteiger partial charge in [0, 0.05) is 13.1 Å². The molecule has 0 saturated carbocycles. The Morgan fingerprint density at radius 1 is 1.42 bits per heavy atom. The summed E-state index contributed by atoms with van der Waals surface area (Å²) in [7, 11) is 1.79. The van der Waals surface area contributed by atoms with Gasteiger partial charge in [-0.05, 0) is 19.9 Å². The van der Waals surface area contributed by atoms with E-state index >= 15 is 0 Å². The molecule has 0 aliphatic carbocycles. The summed E-state index contributed by atoms with van der Waals surface area (Å²) < 4.78 is 4.86. The molecule has 1 atom stereocenters. The van der Waals surface area contributed by atoms with Crippen LogP contribution in [0.4, 0.5) is 0 Å². The molecule has 0 aromatic carbocycles. The van der Waals surface area contributed by atoms with Crippen molar-refractivity contribution in [2.24, 2.45) is 0 Å². The van der Waals surface area contributed by atoms with Gasteiger partial charge in [0.2, 0.25) is 6.35 Å². The Balaban J connectivity index is 2.34. The smallest absolute Gasteiger partial charge is 0.295 e. The number of nitrogens with zero attached hydrogens (tertiary/aromatic N) is 1. The van der Waals surface area contributed by atoms with Crippen LogP contribution in [0.3, 0.4) is 0 Å². The van der Waals surface area contributed by atoms with Gasteiger partial charge in [-0.1, -0.05) is 6.42 Å². The number of nitrogens with one attached hydrogen (secondary N) is 1. The van der Waals surface area contributed by atoms with Crippen LogP contribution in [0.15, 0.2) is 0 Å². The van der Waals surface area contributed by atoms with Crippen LogP contribution in [0.1, 0.15) is 19.3 Å². The lowest BCUT2D eigenvalue weighted by Crippen LogP contribution is -2.48. The molecule has 1 aliphatic rings. The summed E-state index contributed by atoms with van der Waals surface area (Å²) in [5.41, 5.74) is 0. The van der Waals surface area contributed by atoms with Crippen LogP contribution < -0.4 is 5.32 Å². The Morgan fingerprint density at radius 3 is 2.58 bits per heavy atom. The first-order valence-corrected chi connectivity index (χ1v) is 4.39. The topological polar surface area (TPSA) is 41.6 Å². The van der Waals surface area contributed by atoms with E-state index in [2.05, 4.69) is 10.2 Å². The van der Waals surface area contributed by atoms with E-state index in [0.717, 1.165) is 13.1 Å². The standard InChI is InChI=1S/C8H16N2O2/c1-9-8(12-7-11)10-5-3-2-4-6-10/h7-9H,2-6H2,1H3. The second kappa shape index (κ2) is 5.11. The van der Waals surface area contributed by atoms with Crippen LogP contribution in [0.5, 0.6) is 0 Å². The van der Waals surface area contributed by atoms with E-state index in [9.17, 15) is 4.79 Å². The third kappa shape index (κ3) is 2.46. The maximum absolute atomic E-state index is 10.1. The Labute approximate surface area is 72.9 Å². The fraction of sp³-hybridized carbons (Fsp3) is 0.875. The summed E-state index contributed by atoms with van der Waals surface area (Å²) in [5.74, 6) is 0. The third-order valence-electron chi connectivity index (χ3n) is 2.15. The van der Waals surface area contributed by atoms with Crippen molar-refractivity contribution < 1.29 is 9.53 Å². The predicted molar refractivity (Wildman–Crippen MR) is 45.4 cm³/mol. The van der Waals surface area contributed by atoms with E-state index in [0.29, 0.717) is 6.47 Å². The molecule has 1 fully saturated rings. The molecule has 1 aliphatic heterocycles. The Morgan fingerprint density at radius 2 is 2.08 bits per heavy atom. The van der Waals surface area contributed by atoms with Crippen molar-refractivity contribution in [3.8, 4) is 0 Å². The molecule has 0 spiro atoms. The highest BCUT2D eigenvalue weighted by Crippen LogP contribution is 2.10. The number of hydrogen-bond donors (Lipinski definition) is 1. The quantitative estimate of drug-likeness (QED) is 0.484. The summed E-state index contributed by atoms with van der Waals surface area (Å²) in [6.45, 7) is 2.52. The zero-order valence-electron chi connectivity index (χ0n) is 7.45. The van der Waals surface area contributed by atoms with Crippen molar-refractivity contribution in [3.05, 3.63) is 0 Å². The SMILES string of the molecule is CNC(OC=O)N1CCCCC1. The molecule has 12 heavy (non-hydrogen) atoms. The second-order valence-electron chi connectivity index (χ2n) is 2.97. The highest BCUT2D eigenvalue weighted by atomic mass is 16.6. The van der Waals surface area contributed by atoms with Crippen LogP contribution in [-0.2, 0) is 9.53 Å². The summed E-state index contributed by atoms with van der Waals surface area (Å²) in [6.07, 6.45) is 3.44. The van der Waals surface area contributed by atoms with Gasteiger partial charge in [-0.25, -0.2) is 0 Å². The second-order valence-corrected chi connectivity index (χ2v) is 2.97. The first kappa shape index (κ1) is 9.48. The molecule has 1 rings (SSSR count). The minimum absolute atomic E-state index is 0.234. The average Bonchev–Trinajstić information content (AvgIpc) is 2.15. The van der Waals surface area contributed by atoms with Crippen LogP contribution >= 0.6 is 0 Å². The van der Waals surface area contributed by atoms with E-state index in [1.165, 1.54) is 19.3 Å². The van der Waals surface area contributed by atoms with E-state index in [-0.39, 0.29) is 6.35 Å². The maximum atomic E-state index is 10.1. The lowest BCUT2D eigenvalue weighted by molar-refractivity contribution is -0.147. The summed E-state index contributed by atoms with van der Waals surface area (Å²) in [4.78, 5) is 12.3. The molecule has 0 bridgehead atoms. The number of hydrogen-bond acceptors (Lipinski definition) is 4. The highest BCUT2D eigenvalue weighted by molar-refractivity contribution is 5.37. The molecule has 1 N–H and O–H groups in total. The van der Waals surface area contributed by atoms with Crippen LogP contribution in [0, 0.1) is 0 Å². The van der Waals surface area contributed by atoms with Gasteiger partial charge in [-0.3, -0.25) is 15.0 Å². The van der Waals surface area contributed by atoms with Gasteiger partial charge < -0.3 is 4.74 Å². The molecular weight excluding hydrogens is 156 g/mol. The van der Waals surface area contributed by atoms with Crippen molar-refractivity contribution in [3.63, 3.8) is 0 Å². The van der Waals surface area contributed by atoms with E-state index in [1.54, 1.807) is 7.05 Å². The maximum Gasteiger partial charge on any atom is 0.295 e. The first-order chi connectivity index (χ1) is 5.88. The number of piperidine rings is 1. The fourth-order valence-corrected chi connectivity index (χ4v) is 1.54. The predicted octanol–water partition coefficient (Wildman–Crippen LogP) is 0.148. The molecule has 0 radical (unpaired) electrons. The Hall–Kier alpha value is -0.610. The number of rotatable bonds is 4. The lowest BCUT2D eigenvalue weighted by Gasteiger charge is -2.32. The van der Waals surface area contributed by atoms with E-state index in [4.69, 9.17) is 4.74 Å². The zero-order chi connectivity index (χ0) is 8.81. The minimum atomic E-state index is -0.234. The number of ether oxygens (including phenoxy) is 1. The normalized spacial score (nSPS) is 21.8. The molecule has 1 unspecified atom stereocenters. The van der Waals surface area contributed by atoms with Crippen molar-refractivity contribution in [1.29, 1.82) is 0 Å². The number of carbonyl (C=O) groups is 1. The lowest BCUT2D eigenvalue weighted by atomic mass is 10.1. The molecule has 0 amide bonds. The van der Waals surface area contributed by atoms with Crippen LogP contribution in [0.25, 0.3) is 0 Å². The van der Waals surface area contributed by atoms with Crippen molar-refractivity contribution >= 4 is 6.47 Å². The fourth-order valence-electron chi connectivity index (χ4n) is 1.54. The molecule has 4 heteroatoms. The Kier molecular flexibility index (Phi) is 4.04. The molecule has 70 valence electrons. The van der Waals surface area contributed by atoms with Crippen molar-refractivity contribution in [1.82, 2.24) is 10.2 Å². The monoisotopic (exact) mass is 172 g/mol. The highest BCUT2D eigenvalue weighted by Gasteiger charge is 2.19. The van der Waals surface area contributed by atoms with Gasteiger partial charge in [0.05, 0.1) is 0 Å². The van der Waals surface area contributed by atoms with Gasteiger partial charge in [-0.2, -0.15) is 0 Å². The van der Waals surface area contributed by atoms with Crippen LogP contribution in [0.2, 0.25) is 0 Å². The van der Waals surface area contributed by atoms with Crippen LogP contribution in [-0.4, -0.2) is 37.9 Å². The molecule has 1 saturated heterocycles. The molecule has 4 nitrogen and oxygen atoms in total. The van der Waals surface area contributed by atoms with Gasteiger partial charge in [0.25, 0.3) is 6.47 Å². The minimum Gasteiger partial charge on any atom is -0.435 e. The van der Waals surface area contributed by atoms with Gasteiger partial charge >= 0.3 is 0 Å². The number of carbonyl (C=O) groups excluding carboxylic acids is 1. The van der Waals surface area contributed by atoms with E-state index in [1.807, 2.05) is 0 Å². The summed E-state index contributed by atoms with van der Waals surface area (Å²) in [6, 6.07) is 0. The van der Waals surface area contributed by atoms with E-state index < -0.39 is 0 Å². The van der Waals surface area contributed by atoms with Crippen molar-refractivity contribution in [2.45, 2.75) is 25.6 Å². The number of likely N-dealkylation sites (tertiary alicyclic amines) is 1. The van der Waals surface area contributed by atoms with Gasteiger partial charge in [0.15, 0.2) is 0 Å². The average molecular weight is 172 g/mol. The zero-order valence-corrected chi connectivity index (χ0v) is 7.45. The summed E-state index contributed by atoms with van der Waals surface area (Å²) >= 11 is 0. The summed E-state index contributed by atoms with van der Waals surface area (Å²) in [5, 5.41) is 2.95. The molecule has 1 heterocycles. The third-order valence-corrected chi connectivity index (χ3v) is 2.15. The molecule has 0 aromatic rings.